The second kappa shape index (κ2) is 4.25. The Hall–Kier alpha value is -0.610. The molecule has 0 heterocycles. The Labute approximate surface area is 103 Å². The SMILES string of the molecule is CC1(C)C2CCC1(C)C(OCCC(=O)NN)C2. The molecule has 4 heteroatoms. The molecule has 2 saturated carbocycles. The minimum Gasteiger partial charge on any atom is -0.377 e. The van der Waals surface area contributed by atoms with Crippen molar-refractivity contribution in [3.05, 3.63) is 0 Å². The lowest BCUT2D eigenvalue weighted by Crippen LogP contribution is -2.38. The van der Waals surface area contributed by atoms with E-state index in [2.05, 4.69) is 26.2 Å². The average Bonchev–Trinajstić information content (AvgIpc) is 2.61. The van der Waals surface area contributed by atoms with Gasteiger partial charge in [-0.1, -0.05) is 20.8 Å². The monoisotopic (exact) mass is 240 g/mol. The summed E-state index contributed by atoms with van der Waals surface area (Å²) in [5.74, 6) is 5.66. The highest BCUT2D eigenvalue weighted by molar-refractivity contribution is 5.75. The lowest BCUT2D eigenvalue weighted by atomic mass is 9.70. The highest BCUT2D eigenvalue weighted by atomic mass is 16.5. The highest BCUT2D eigenvalue weighted by Gasteiger charge is 2.61. The van der Waals surface area contributed by atoms with Crippen molar-refractivity contribution in [3.8, 4) is 0 Å². The molecule has 2 bridgehead atoms. The van der Waals surface area contributed by atoms with E-state index in [0.717, 1.165) is 12.3 Å². The van der Waals surface area contributed by atoms with Crippen molar-refractivity contribution < 1.29 is 9.53 Å². The number of carbonyl (C=O) groups is 1. The Bertz CT molecular complexity index is 317. The molecule has 17 heavy (non-hydrogen) atoms. The van der Waals surface area contributed by atoms with Gasteiger partial charge in [0.1, 0.15) is 0 Å². The van der Waals surface area contributed by atoms with Gasteiger partial charge in [0.05, 0.1) is 19.1 Å². The quantitative estimate of drug-likeness (QED) is 0.445. The topological polar surface area (TPSA) is 64.3 Å². The van der Waals surface area contributed by atoms with Gasteiger partial charge in [0.2, 0.25) is 5.91 Å². The van der Waals surface area contributed by atoms with Gasteiger partial charge in [0, 0.05) is 0 Å². The number of hydrogen-bond donors (Lipinski definition) is 2. The maximum absolute atomic E-state index is 11.0. The van der Waals surface area contributed by atoms with E-state index in [1.54, 1.807) is 0 Å². The molecular weight excluding hydrogens is 216 g/mol. The average molecular weight is 240 g/mol. The molecule has 98 valence electrons. The van der Waals surface area contributed by atoms with Gasteiger partial charge in [-0.05, 0) is 36.0 Å². The normalized spacial score (nSPS) is 38.4. The van der Waals surface area contributed by atoms with Gasteiger partial charge in [0.25, 0.3) is 0 Å². The van der Waals surface area contributed by atoms with Crippen LogP contribution in [-0.4, -0.2) is 18.6 Å². The lowest BCUT2D eigenvalue weighted by molar-refractivity contribution is -0.123. The number of carbonyl (C=O) groups excluding carboxylic acids is 1. The van der Waals surface area contributed by atoms with Gasteiger partial charge < -0.3 is 4.74 Å². The number of rotatable bonds is 4. The van der Waals surface area contributed by atoms with Crippen molar-refractivity contribution in [2.75, 3.05) is 6.61 Å². The summed E-state index contributed by atoms with van der Waals surface area (Å²) < 4.78 is 5.93. The van der Waals surface area contributed by atoms with Crippen LogP contribution in [0.5, 0.6) is 0 Å². The summed E-state index contributed by atoms with van der Waals surface area (Å²) in [6.07, 6.45) is 4.38. The van der Waals surface area contributed by atoms with Gasteiger partial charge in [0.15, 0.2) is 0 Å². The molecule has 0 spiro atoms. The molecule has 0 aliphatic heterocycles. The lowest BCUT2D eigenvalue weighted by Gasteiger charge is -2.38. The van der Waals surface area contributed by atoms with Gasteiger partial charge >= 0.3 is 0 Å². The van der Waals surface area contributed by atoms with E-state index in [0.29, 0.717) is 24.5 Å². The fraction of sp³-hybridized carbons (Fsp3) is 0.923. The summed E-state index contributed by atoms with van der Waals surface area (Å²) in [5.41, 5.74) is 2.77. The third-order valence-corrected chi connectivity index (χ3v) is 5.52. The molecular formula is C13H24N2O2. The number of ether oxygens (including phenoxy) is 1. The molecule has 2 aliphatic rings. The fourth-order valence-corrected chi connectivity index (χ4v) is 3.75. The van der Waals surface area contributed by atoms with Crippen molar-refractivity contribution in [1.29, 1.82) is 0 Å². The van der Waals surface area contributed by atoms with Crippen LogP contribution < -0.4 is 11.3 Å². The van der Waals surface area contributed by atoms with E-state index in [1.165, 1.54) is 12.8 Å². The van der Waals surface area contributed by atoms with Gasteiger partial charge in [-0.25, -0.2) is 5.84 Å². The second-order valence-corrected chi connectivity index (χ2v) is 6.29. The van der Waals surface area contributed by atoms with Crippen LogP contribution in [0, 0.1) is 16.7 Å². The van der Waals surface area contributed by atoms with Gasteiger partial charge in [-0.15, -0.1) is 0 Å². The molecule has 0 aromatic heterocycles. The van der Waals surface area contributed by atoms with Crippen LogP contribution in [0.2, 0.25) is 0 Å². The first kappa shape index (κ1) is 12.8. The molecule has 3 atom stereocenters. The summed E-state index contributed by atoms with van der Waals surface area (Å²) >= 11 is 0. The van der Waals surface area contributed by atoms with E-state index < -0.39 is 0 Å². The number of nitrogens with two attached hydrogens (primary N) is 1. The van der Waals surface area contributed by atoms with Gasteiger partial charge in [-0.3, -0.25) is 10.2 Å². The van der Waals surface area contributed by atoms with Crippen molar-refractivity contribution in [1.82, 2.24) is 5.43 Å². The Kier molecular flexibility index (Phi) is 3.21. The van der Waals surface area contributed by atoms with Crippen LogP contribution in [0.3, 0.4) is 0 Å². The van der Waals surface area contributed by atoms with Crippen LogP contribution in [-0.2, 0) is 9.53 Å². The minimum atomic E-state index is -0.155. The zero-order valence-electron chi connectivity index (χ0n) is 11.1. The second-order valence-electron chi connectivity index (χ2n) is 6.29. The fourth-order valence-electron chi connectivity index (χ4n) is 3.75. The van der Waals surface area contributed by atoms with Gasteiger partial charge in [-0.2, -0.15) is 0 Å². The predicted molar refractivity (Wildman–Crippen MR) is 65.9 cm³/mol. The molecule has 0 aromatic carbocycles. The first-order valence-electron chi connectivity index (χ1n) is 6.53. The summed E-state index contributed by atoms with van der Waals surface area (Å²) in [4.78, 5) is 11.0. The predicted octanol–water partition coefficient (Wildman–Crippen LogP) is 1.60. The standard InChI is InChI=1S/C13H24N2O2/c1-12(2)9-4-6-13(12,3)10(8-9)17-7-5-11(16)15-14/h9-10H,4-8,14H2,1-3H3,(H,15,16). The summed E-state index contributed by atoms with van der Waals surface area (Å²) in [5, 5.41) is 0. The van der Waals surface area contributed by atoms with Crippen molar-refractivity contribution in [2.45, 2.75) is 52.6 Å². The number of fused-ring (bicyclic) bond motifs is 2. The summed E-state index contributed by atoms with van der Waals surface area (Å²) in [7, 11) is 0. The maximum Gasteiger partial charge on any atom is 0.236 e. The Morgan fingerprint density at radius 3 is 2.65 bits per heavy atom. The maximum atomic E-state index is 11.0. The molecule has 3 unspecified atom stereocenters. The molecule has 0 saturated heterocycles. The molecule has 3 N–H and O–H groups in total. The van der Waals surface area contributed by atoms with Crippen LogP contribution >= 0.6 is 0 Å². The van der Waals surface area contributed by atoms with Crippen LogP contribution in [0.1, 0.15) is 46.5 Å². The first-order chi connectivity index (χ1) is 7.91. The molecule has 4 nitrogen and oxygen atoms in total. The van der Waals surface area contributed by atoms with Crippen molar-refractivity contribution in [3.63, 3.8) is 0 Å². The zero-order chi connectivity index (χ0) is 12.7. The zero-order valence-corrected chi connectivity index (χ0v) is 11.1. The molecule has 0 radical (unpaired) electrons. The van der Waals surface area contributed by atoms with Crippen LogP contribution in [0.4, 0.5) is 0 Å². The van der Waals surface area contributed by atoms with Crippen molar-refractivity contribution >= 4 is 5.91 Å². The van der Waals surface area contributed by atoms with Crippen LogP contribution in [0.15, 0.2) is 0 Å². The number of nitrogens with one attached hydrogen (secondary N) is 1. The summed E-state index contributed by atoms with van der Waals surface area (Å²) in [6, 6.07) is 0. The molecule has 2 fully saturated rings. The van der Waals surface area contributed by atoms with E-state index in [4.69, 9.17) is 10.6 Å². The first-order valence-corrected chi connectivity index (χ1v) is 6.53. The third-order valence-electron chi connectivity index (χ3n) is 5.52. The third kappa shape index (κ3) is 1.87. The van der Waals surface area contributed by atoms with Crippen LogP contribution in [0.25, 0.3) is 0 Å². The smallest absolute Gasteiger partial charge is 0.236 e. The number of hydrogen-bond acceptors (Lipinski definition) is 3. The van der Waals surface area contributed by atoms with E-state index >= 15 is 0 Å². The Morgan fingerprint density at radius 1 is 1.47 bits per heavy atom. The minimum absolute atomic E-state index is 0.155. The Balaban J connectivity index is 1.90. The molecule has 0 aromatic rings. The van der Waals surface area contributed by atoms with E-state index in [9.17, 15) is 4.79 Å². The Morgan fingerprint density at radius 2 is 2.18 bits per heavy atom. The molecule has 1 amide bonds. The number of hydrazine groups is 1. The van der Waals surface area contributed by atoms with Crippen molar-refractivity contribution in [2.24, 2.45) is 22.6 Å². The number of amides is 1. The molecule has 2 rings (SSSR count). The van der Waals surface area contributed by atoms with E-state index in [-0.39, 0.29) is 11.3 Å². The highest BCUT2D eigenvalue weighted by Crippen LogP contribution is 2.66. The molecule has 2 aliphatic carbocycles. The summed E-state index contributed by atoms with van der Waals surface area (Å²) in [6.45, 7) is 7.54. The van der Waals surface area contributed by atoms with E-state index in [1.807, 2.05) is 0 Å². The largest absolute Gasteiger partial charge is 0.377 e.